The van der Waals surface area contributed by atoms with Crippen LogP contribution < -0.4 is 4.74 Å². The molecule has 0 aliphatic heterocycles. The summed E-state index contributed by atoms with van der Waals surface area (Å²) in [5.41, 5.74) is 2.34. The molecule has 136 valence electrons. The van der Waals surface area contributed by atoms with Crippen LogP contribution in [0.1, 0.15) is 10.6 Å². The Bertz CT molecular complexity index is 1090. The summed E-state index contributed by atoms with van der Waals surface area (Å²) in [6.07, 6.45) is 0. The average molecular weight is 416 g/mol. The fourth-order valence-corrected chi connectivity index (χ4v) is 4.87. The molecule has 2 aromatic carbocycles. The van der Waals surface area contributed by atoms with E-state index in [1.54, 1.807) is 35.6 Å². The molecule has 4 aromatic rings. The first-order valence-electron chi connectivity index (χ1n) is 8.28. The Morgan fingerprint density at radius 3 is 2.70 bits per heavy atom. The molecule has 0 bridgehead atoms. The molecule has 0 fully saturated rings. The second-order valence-electron chi connectivity index (χ2n) is 6.00. The molecule has 6 heteroatoms. The third kappa shape index (κ3) is 4.05. The minimum Gasteiger partial charge on any atom is -0.486 e. The van der Waals surface area contributed by atoms with Crippen molar-refractivity contribution in [3.63, 3.8) is 0 Å². The van der Waals surface area contributed by atoms with Crippen LogP contribution in [0.4, 0.5) is 4.39 Å². The van der Waals surface area contributed by atoms with Gasteiger partial charge in [0, 0.05) is 15.5 Å². The topological polar surface area (TPSA) is 22.1 Å². The van der Waals surface area contributed by atoms with E-state index < -0.39 is 0 Å². The van der Waals surface area contributed by atoms with Crippen molar-refractivity contribution in [3.8, 4) is 26.8 Å². The fraction of sp³-hybridized carbons (Fsp3) is 0.0952. The summed E-state index contributed by atoms with van der Waals surface area (Å²) in [5.74, 6) is 0.401. The van der Waals surface area contributed by atoms with Crippen LogP contribution in [-0.2, 0) is 6.61 Å². The van der Waals surface area contributed by atoms with Gasteiger partial charge in [-0.05, 0) is 54.3 Å². The van der Waals surface area contributed by atoms with Gasteiger partial charge >= 0.3 is 0 Å². The molecule has 0 aliphatic carbocycles. The first-order chi connectivity index (χ1) is 13.1. The van der Waals surface area contributed by atoms with Crippen molar-refractivity contribution >= 4 is 34.3 Å². The van der Waals surface area contributed by atoms with Crippen molar-refractivity contribution in [3.05, 3.63) is 81.4 Å². The normalized spacial score (nSPS) is 10.9. The summed E-state index contributed by atoms with van der Waals surface area (Å²) >= 11 is 9.17. The number of thiophene rings is 1. The van der Waals surface area contributed by atoms with Gasteiger partial charge in [-0.25, -0.2) is 9.37 Å². The Hall–Kier alpha value is -2.21. The molecule has 0 spiro atoms. The minimum atomic E-state index is -0.278. The predicted octanol–water partition coefficient (Wildman–Crippen LogP) is 7.22. The Balaban J connectivity index is 1.70. The maximum absolute atomic E-state index is 14.4. The lowest BCUT2D eigenvalue weighted by molar-refractivity contribution is 0.305. The molecule has 4 rings (SSSR count). The maximum atomic E-state index is 14.4. The van der Waals surface area contributed by atoms with Gasteiger partial charge in [0.1, 0.15) is 23.2 Å². The molecule has 0 saturated carbocycles. The van der Waals surface area contributed by atoms with E-state index in [9.17, 15) is 4.39 Å². The van der Waals surface area contributed by atoms with E-state index >= 15 is 0 Å². The number of halogens is 2. The van der Waals surface area contributed by atoms with Crippen molar-refractivity contribution in [1.29, 1.82) is 0 Å². The molecule has 0 atom stereocenters. The number of aryl methyl sites for hydroxylation is 1. The quantitative estimate of drug-likeness (QED) is 0.343. The number of hydrogen-bond donors (Lipinski definition) is 0. The smallest absolute Gasteiger partial charge is 0.140 e. The van der Waals surface area contributed by atoms with Gasteiger partial charge in [-0.3, -0.25) is 0 Å². The van der Waals surface area contributed by atoms with Crippen LogP contribution in [0, 0.1) is 12.7 Å². The number of benzene rings is 2. The lowest BCUT2D eigenvalue weighted by atomic mass is 10.1. The van der Waals surface area contributed by atoms with Gasteiger partial charge in [0.2, 0.25) is 0 Å². The minimum absolute atomic E-state index is 0.278. The van der Waals surface area contributed by atoms with Crippen LogP contribution in [0.15, 0.2) is 60.0 Å². The highest BCUT2D eigenvalue weighted by molar-refractivity contribution is 7.21. The molecule has 0 amide bonds. The molecular formula is C21H15ClFNOS2. The summed E-state index contributed by atoms with van der Waals surface area (Å²) in [5, 5.41) is 3.49. The summed E-state index contributed by atoms with van der Waals surface area (Å²) in [7, 11) is 0. The average Bonchev–Trinajstić information content (AvgIpc) is 3.27. The van der Waals surface area contributed by atoms with E-state index in [1.807, 2.05) is 25.1 Å². The van der Waals surface area contributed by atoms with Crippen molar-refractivity contribution in [2.75, 3.05) is 0 Å². The van der Waals surface area contributed by atoms with E-state index in [2.05, 4.69) is 11.4 Å². The molecule has 27 heavy (non-hydrogen) atoms. The zero-order chi connectivity index (χ0) is 18.8. The third-order valence-corrected chi connectivity index (χ3v) is 6.41. The van der Waals surface area contributed by atoms with Crippen molar-refractivity contribution < 1.29 is 9.13 Å². The van der Waals surface area contributed by atoms with E-state index in [0.29, 0.717) is 28.6 Å². The molecule has 0 unspecified atom stereocenters. The van der Waals surface area contributed by atoms with Gasteiger partial charge < -0.3 is 4.74 Å². The van der Waals surface area contributed by atoms with Gasteiger partial charge in [0.25, 0.3) is 0 Å². The highest BCUT2D eigenvalue weighted by Crippen LogP contribution is 2.40. The summed E-state index contributed by atoms with van der Waals surface area (Å²) in [6.45, 7) is 2.35. The van der Waals surface area contributed by atoms with E-state index in [4.69, 9.17) is 21.3 Å². The molecule has 0 radical (unpaired) electrons. The standard InChI is InChI=1S/C21H15ClFNOS2/c1-13-9-18(26-12-13)21-20(16-7-2-3-8-17(16)23)24-19(27-21)11-25-15-6-4-5-14(22)10-15/h2-10,12H,11H2,1H3. The predicted molar refractivity (Wildman–Crippen MR) is 111 cm³/mol. The largest absolute Gasteiger partial charge is 0.486 e. The number of aromatic nitrogens is 1. The SMILES string of the molecule is Cc1csc(-c2sc(COc3cccc(Cl)c3)nc2-c2ccccc2F)c1. The number of rotatable bonds is 5. The van der Waals surface area contributed by atoms with Gasteiger partial charge in [0.15, 0.2) is 0 Å². The number of thiazole rings is 1. The fourth-order valence-electron chi connectivity index (χ4n) is 2.68. The second kappa shape index (κ2) is 7.80. The van der Waals surface area contributed by atoms with Gasteiger partial charge in [-0.15, -0.1) is 22.7 Å². The Morgan fingerprint density at radius 2 is 1.96 bits per heavy atom. The van der Waals surface area contributed by atoms with Crippen LogP contribution >= 0.6 is 34.3 Å². The van der Waals surface area contributed by atoms with Crippen molar-refractivity contribution in [1.82, 2.24) is 4.98 Å². The monoisotopic (exact) mass is 415 g/mol. The maximum Gasteiger partial charge on any atom is 0.140 e. The molecule has 0 saturated heterocycles. The van der Waals surface area contributed by atoms with Crippen LogP contribution in [0.3, 0.4) is 0 Å². The third-order valence-electron chi connectivity index (χ3n) is 3.91. The molecule has 0 N–H and O–H groups in total. The molecule has 2 nitrogen and oxygen atoms in total. The van der Waals surface area contributed by atoms with Crippen molar-refractivity contribution in [2.45, 2.75) is 13.5 Å². The lowest BCUT2D eigenvalue weighted by Crippen LogP contribution is -1.95. The van der Waals surface area contributed by atoms with Gasteiger partial charge in [-0.2, -0.15) is 0 Å². The molecule has 2 aromatic heterocycles. The van der Waals surface area contributed by atoms with Crippen LogP contribution in [0.25, 0.3) is 21.0 Å². The first kappa shape index (κ1) is 18.2. The van der Waals surface area contributed by atoms with Crippen LogP contribution in [0.2, 0.25) is 5.02 Å². The van der Waals surface area contributed by atoms with E-state index in [-0.39, 0.29) is 5.82 Å². The molecular weight excluding hydrogens is 401 g/mol. The summed E-state index contributed by atoms with van der Waals surface area (Å²) < 4.78 is 20.2. The zero-order valence-corrected chi connectivity index (χ0v) is 16.8. The molecule has 2 heterocycles. The summed E-state index contributed by atoms with van der Waals surface area (Å²) in [4.78, 5) is 6.73. The van der Waals surface area contributed by atoms with Gasteiger partial charge in [0.05, 0.1) is 10.6 Å². The lowest BCUT2D eigenvalue weighted by Gasteiger charge is -2.03. The number of nitrogens with zero attached hydrogens (tertiary/aromatic N) is 1. The van der Waals surface area contributed by atoms with E-state index in [0.717, 1.165) is 14.8 Å². The number of hydrogen-bond acceptors (Lipinski definition) is 4. The Labute approximate surface area is 169 Å². The zero-order valence-electron chi connectivity index (χ0n) is 14.4. The van der Waals surface area contributed by atoms with Gasteiger partial charge in [-0.1, -0.05) is 29.8 Å². The summed E-state index contributed by atoms with van der Waals surface area (Å²) in [6, 6.07) is 16.1. The van der Waals surface area contributed by atoms with Crippen molar-refractivity contribution in [2.24, 2.45) is 0 Å². The number of ether oxygens (including phenoxy) is 1. The highest BCUT2D eigenvalue weighted by Gasteiger charge is 2.19. The Kier molecular flexibility index (Phi) is 5.25. The van der Waals surface area contributed by atoms with Crippen LogP contribution in [0.5, 0.6) is 5.75 Å². The Morgan fingerprint density at radius 1 is 1.11 bits per heavy atom. The van der Waals surface area contributed by atoms with Crippen LogP contribution in [-0.4, -0.2) is 4.98 Å². The highest BCUT2D eigenvalue weighted by atomic mass is 35.5. The first-order valence-corrected chi connectivity index (χ1v) is 10.4. The van der Waals surface area contributed by atoms with E-state index in [1.165, 1.54) is 23.0 Å². The second-order valence-corrected chi connectivity index (χ2v) is 8.43. The molecule has 0 aliphatic rings.